The molecular formula is C24H29ClFNO6S. The lowest BCUT2D eigenvalue weighted by molar-refractivity contribution is -0.140. The molecule has 2 rings (SSSR count). The minimum atomic E-state index is -0.873. The van der Waals surface area contributed by atoms with E-state index in [1.807, 2.05) is 6.92 Å². The van der Waals surface area contributed by atoms with E-state index in [0.717, 1.165) is 22.7 Å². The molecule has 1 aliphatic carbocycles. The molecule has 7 nitrogen and oxygen atoms in total. The maximum atomic E-state index is 15.1. The molecule has 0 aromatic heterocycles. The Labute approximate surface area is 208 Å². The summed E-state index contributed by atoms with van der Waals surface area (Å²) in [5.41, 5.74) is 0.0858. The van der Waals surface area contributed by atoms with Crippen LogP contribution in [0, 0.1) is 5.82 Å². The second-order valence-electron chi connectivity index (χ2n) is 7.71. The molecule has 0 radical (unpaired) electrons. The molecule has 0 fully saturated rings. The van der Waals surface area contributed by atoms with Gasteiger partial charge in [0.15, 0.2) is 0 Å². The van der Waals surface area contributed by atoms with Gasteiger partial charge in [-0.15, -0.1) is 11.8 Å². The molecule has 2 amide bonds. The minimum absolute atomic E-state index is 0.0269. The van der Waals surface area contributed by atoms with Gasteiger partial charge in [-0.05, 0) is 51.2 Å². The quantitative estimate of drug-likeness (QED) is 0.330. The average Bonchev–Trinajstić information content (AvgIpc) is 2.84. The maximum absolute atomic E-state index is 15.1. The van der Waals surface area contributed by atoms with Gasteiger partial charge in [-0.2, -0.15) is 0 Å². The van der Waals surface area contributed by atoms with Gasteiger partial charge in [0.1, 0.15) is 11.1 Å². The molecule has 0 spiro atoms. The van der Waals surface area contributed by atoms with E-state index in [1.165, 1.54) is 13.2 Å². The topological polar surface area (TPSA) is 90.0 Å². The monoisotopic (exact) mass is 513 g/mol. The number of methoxy groups -OCH3 is 1. The fourth-order valence-electron chi connectivity index (χ4n) is 3.48. The van der Waals surface area contributed by atoms with Gasteiger partial charge in [0.2, 0.25) is 5.91 Å². The van der Waals surface area contributed by atoms with Crippen LogP contribution in [0.4, 0.5) is 10.1 Å². The molecular weight excluding hydrogens is 485 g/mol. The molecule has 0 saturated heterocycles. The van der Waals surface area contributed by atoms with Crippen LogP contribution in [0.5, 0.6) is 0 Å². The van der Waals surface area contributed by atoms with Crippen molar-refractivity contribution in [1.29, 1.82) is 0 Å². The van der Waals surface area contributed by atoms with Crippen molar-refractivity contribution < 1.29 is 33.0 Å². The van der Waals surface area contributed by atoms with E-state index in [-0.39, 0.29) is 41.3 Å². The summed E-state index contributed by atoms with van der Waals surface area (Å²) in [4.78, 5) is 51.9. The van der Waals surface area contributed by atoms with E-state index in [4.69, 9.17) is 21.1 Å². The lowest BCUT2D eigenvalue weighted by atomic mass is 9.90. The Bertz CT molecular complexity index is 996. The summed E-state index contributed by atoms with van der Waals surface area (Å²) in [6, 6.07) is 2.27. The Morgan fingerprint density at radius 2 is 1.79 bits per heavy atom. The molecule has 1 aromatic carbocycles. The Hall–Kier alpha value is -2.39. The number of ether oxygens (including phenoxy) is 2. The number of rotatable bonds is 9. The summed E-state index contributed by atoms with van der Waals surface area (Å²) in [7, 11) is 1.25. The van der Waals surface area contributed by atoms with Crippen LogP contribution in [0.3, 0.4) is 0 Å². The number of imide groups is 1. The van der Waals surface area contributed by atoms with Crippen LogP contribution in [0.15, 0.2) is 28.2 Å². The number of amides is 2. The van der Waals surface area contributed by atoms with Gasteiger partial charge < -0.3 is 9.47 Å². The third-order valence-corrected chi connectivity index (χ3v) is 6.81. The van der Waals surface area contributed by atoms with Crippen molar-refractivity contribution in [2.24, 2.45) is 0 Å². The SMILES string of the molecule is CCCOC(=O)C1=C(C(=O)N(C(=O)CC)c2cc(SC(C)C(=O)OC)c(Cl)cc2F)CCCC1. The van der Waals surface area contributed by atoms with Crippen LogP contribution in [0.25, 0.3) is 0 Å². The number of hydrogen-bond donors (Lipinski definition) is 0. The van der Waals surface area contributed by atoms with E-state index in [0.29, 0.717) is 30.6 Å². The number of thioether (sulfide) groups is 1. The third kappa shape index (κ3) is 6.60. The third-order valence-electron chi connectivity index (χ3n) is 5.24. The molecule has 0 heterocycles. The van der Waals surface area contributed by atoms with Crippen LogP contribution < -0.4 is 4.90 Å². The molecule has 0 N–H and O–H groups in total. The van der Waals surface area contributed by atoms with E-state index in [9.17, 15) is 19.2 Å². The van der Waals surface area contributed by atoms with E-state index in [1.54, 1.807) is 13.8 Å². The largest absolute Gasteiger partial charge is 0.468 e. The van der Waals surface area contributed by atoms with Crippen molar-refractivity contribution >= 4 is 52.8 Å². The Balaban J connectivity index is 2.55. The summed E-state index contributed by atoms with van der Waals surface area (Å²) >= 11 is 7.20. The number of carbonyl (C=O) groups is 4. The lowest BCUT2D eigenvalue weighted by Gasteiger charge is -2.26. The molecule has 186 valence electrons. The molecule has 1 aliphatic rings. The van der Waals surface area contributed by atoms with E-state index in [2.05, 4.69) is 0 Å². The highest BCUT2D eigenvalue weighted by atomic mass is 35.5. The highest BCUT2D eigenvalue weighted by molar-refractivity contribution is 8.00. The molecule has 0 saturated carbocycles. The molecule has 0 bridgehead atoms. The standard InChI is InChI=1S/C24H29ClFNO6S/c1-5-11-33-24(31)16-10-8-7-9-15(16)22(29)27(21(28)6-2)19-13-20(17(25)12-18(19)26)34-14(3)23(30)32-4/h12-14H,5-11H2,1-4H3. The highest BCUT2D eigenvalue weighted by Gasteiger charge is 2.33. The Morgan fingerprint density at radius 1 is 1.15 bits per heavy atom. The van der Waals surface area contributed by atoms with Crippen LogP contribution in [0.1, 0.15) is 59.3 Å². The van der Waals surface area contributed by atoms with Gasteiger partial charge >= 0.3 is 11.9 Å². The van der Waals surface area contributed by atoms with Crippen molar-refractivity contribution in [3.05, 3.63) is 34.1 Å². The first-order valence-corrected chi connectivity index (χ1v) is 12.4. The van der Waals surface area contributed by atoms with Crippen molar-refractivity contribution in [3.8, 4) is 0 Å². The molecule has 1 unspecified atom stereocenters. The van der Waals surface area contributed by atoms with Gasteiger partial charge in [0.05, 0.1) is 24.4 Å². The molecule has 10 heteroatoms. The Kier molecular flexibility index (Phi) is 10.6. The number of halogens is 2. The summed E-state index contributed by atoms with van der Waals surface area (Å²) in [6.07, 6.45) is 2.54. The predicted molar refractivity (Wildman–Crippen MR) is 128 cm³/mol. The molecule has 34 heavy (non-hydrogen) atoms. The fourth-order valence-corrected chi connectivity index (χ4v) is 4.69. The molecule has 1 atom stereocenters. The fraction of sp³-hybridized carbons (Fsp3) is 0.500. The smallest absolute Gasteiger partial charge is 0.334 e. The van der Waals surface area contributed by atoms with Crippen LogP contribution in [-0.2, 0) is 28.7 Å². The Morgan fingerprint density at radius 3 is 2.38 bits per heavy atom. The van der Waals surface area contributed by atoms with Crippen molar-refractivity contribution in [2.45, 2.75) is 69.4 Å². The van der Waals surface area contributed by atoms with Gasteiger partial charge in [-0.1, -0.05) is 25.4 Å². The van der Waals surface area contributed by atoms with Crippen LogP contribution in [-0.4, -0.2) is 42.7 Å². The summed E-state index contributed by atoms with van der Waals surface area (Å²) in [5, 5.41) is -0.633. The second kappa shape index (κ2) is 12.9. The number of hydrogen-bond acceptors (Lipinski definition) is 7. The zero-order valence-electron chi connectivity index (χ0n) is 19.7. The minimum Gasteiger partial charge on any atom is -0.468 e. The summed E-state index contributed by atoms with van der Waals surface area (Å²) in [6.45, 7) is 5.22. The van der Waals surface area contributed by atoms with Crippen molar-refractivity contribution in [1.82, 2.24) is 0 Å². The molecule has 0 aliphatic heterocycles. The van der Waals surface area contributed by atoms with Crippen molar-refractivity contribution in [3.63, 3.8) is 0 Å². The zero-order chi connectivity index (χ0) is 25.4. The van der Waals surface area contributed by atoms with E-state index < -0.39 is 34.8 Å². The van der Waals surface area contributed by atoms with Gasteiger partial charge in [-0.3, -0.25) is 14.4 Å². The van der Waals surface area contributed by atoms with Crippen LogP contribution in [0.2, 0.25) is 5.02 Å². The molecule has 1 aromatic rings. The van der Waals surface area contributed by atoms with Gasteiger partial charge in [-0.25, -0.2) is 14.1 Å². The average molecular weight is 514 g/mol. The first-order chi connectivity index (χ1) is 16.2. The normalized spacial score (nSPS) is 14.4. The maximum Gasteiger partial charge on any atom is 0.334 e. The van der Waals surface area contributed by atoms with Crippen LogP contribution >= 0.6 is 23.4 Å². The lowest BCUT2D eigenvalue weighted by Crippen LogP contribution is -2.39. The van der Waals surface area contributed by atoms with E-state index >= 15 is 4.39 Å². The number of esters is 2. The number of carbonyl (C=O) groups excluding carboxylic acids is 4. The number of benzene rings is 1. The predicted octanol–water partition coefficient (Wildman–Crippen LogP) is 5.23. The van der Waals surface area contributed by atoms with Crippen molar-refractivity contribution in [2.75, 3.05) is 18.6 Å². The zero-order valence-corrected chi connectivity index (χ0v) is 21.3. The van der Waals surface area contributed by atoms with Gasteiger partial charge in [0, 0.05) is 22.5 Å². The first-order valence-electron chi connectivity index (χ1n) is 11.2. The first kappa shape index (κ1) is 27.9. The van der Waals surface area contributed by atoms with Gasteiger partial charge in [0.25, 0.3) is 5.91 Å². The highest BCUT2D eigenvalue weighted by Crippen LogP contribution is 2.37. The number of anilines is 1. The summed E-state index contributed by atoms with van der Waals surface area (Å²) in [5.74, 6) is -3.36. The number of nitrogens with zero attached hydrogens (tertiary/aromatic N) is 1. The summed E-state index contributed by atoms with van der Waals surface area (Å²) < 4.78 is 25.0. The second-order valence-corrected chi connectivity index (χ2v) is 9.50.